The molecular formula is C23H21FN6OS. The first kappa shape index (κ1) is 20.3. The summed E-state index contributed by atoms with van der Waals surface area (Å²) in [4.78, 5) is 24.9. The number of aromatic nitrogens is 4. The molecule has 0 saturated carbocycles. The Morgan fingerprint density at radius 2 is 1.94 bits per heavy atom. The van der Waals surface area contributed by atoms with Gasteiger partial charge in [-0.15, -0.1) is 16.4 Å². The fourth-order valence-corrected chi connectivity index (χ4v) is 4.39. The van der Waals surface area contributed by atoms with E-state index in [2.05, 4.69) is 25.3 Å². The lowest BCUT2D eigenvalue weighted by Crippen LogP contribution is -2.25. The Kier molecular flexibility index (Phi) is 5.64. The number of anilines is 1. The normalized spacial score (nSPS) is 13.5. The third-order valence-electron chi connectivity index (χ3n) is 5.32. The summed E-state index contributed by atoms with van der Waals surface area (Å²) in [7, 11) is 0. The zero-order valence-corrected chi connectivity index (χ0v) is 18.1. The highest BCUT2D eigenvalue weighted by Crippen LogP contribution is 2.26. The van der Waals surface area contributed by atoms with E-state index in [1.807, 2.05) is 29.6 Å². The van der Waals surface area contributed by atoms with Crippen LogP contribution in [0.5, 0.6) is 0 Å². The van der Waals surface area contributed by atoms with Crippen molar-refractivity contribution in [1.82, 2.24) is 25.1 Å². The van der Waals surface area contributed by atoms with Gasteiger partial charge in [-0.05, 0) is 66.2 Å². The van der Waals surface area contributed by atoms with Crippen molar-refractivity contribution in [3.63, 3.8) is 0 Å². The molecule has 1 aliphatic heterocycles. The number of amides is 1. The van der Waals surface area contributed by atoms with E-state index >= 15 is 0 Å². The molecule has 4 heterocycles. The van der Waals surface area contributed by atoms with Gasteiger partial charge in [-0.1, -0.05) is 6.07 Å². The predicted octanol–water partition coefficient (Wildman–Crippen LogP) is 4.06. The Morgan fingerprint density at radius 1 is 1.12 bits per heavy atom. The number of thiophene rings is 1. The number of nitrogens with one attached hydrogen (secondary N) is 1. The van der Waals surface area contributed by atoms with Crippen LogP contribution in [0, 0.1) is 5.82 Å². The van der Waals surface area contributed by atoms with Crippen molar-refractivity contribution in [3.05, 3.63) is 77.3 Å². The Hall–Kier alpha value is -3.59. The van der Waals surface area contributed by atoms with Crippen LogP contribution in [0.2, 0.25) is 0 Å². The van der Waals surface area contributed by atoms with E-state index < -0.39 is 0 Å². The van der Waals surface area contributed by atoms with Crippen molar-refractivity contribution in [3.8, 4) is 16.4 Å². The third-order valence-corrected chi connectivity index (χ3v) is 6.18. The molecule has 5 rings (SSSR count). The Morgan fingerprint density at radius 3 is 2.69 bits per heavy atom. The van der Waals surface area contributed by atoms with Crippen LogP contribution in [0.3, 0.4) is 0 Å². The van der Waals surface area contributed by atoms with Gasteiger partial charge in [0.2, 0.25) is 5.82 Å². The molecule has 1 aliphatic rings. The maximum atomic E-state index is 13.4. The van der Waals surface area contributed by atoms with Gasteiger partial charge in [0.25, 0.3) is 5.91 Å². The molecule has 162 valence electrons. The second kappa shape index (κ2) is 8.88. The van der Waals surface area contributed by atoms with Crippen molar-refractivity contribution >= 4 is 23.1 Å². The van der Waals surface area contributed by atoms with Crippen LogP contribution in [0.4, 0.5) is 10.2 Å². The monoisotopic (exact) mass is 448 g/mol. The highest BCUT2D eigenvalue weighted by Gasteiger charge is 2.20. The van der Waals surface area contributed by atoms with E-state index in [9.17, 15) is 9.18 Å². The molecule has 0 atom stereocenters. The highest BCUT2D eigenvalue weighted by atomic mass is 32.1. The van der Waals surface area contributed by atoms with Gasteiger partial charge < -0.3 is 10.2 Å². The molecule has 0 aliphatic carbocycles. The first-order chi connectivity index (χ1) is 15.7. The largest absolute Gasteiger partial charge is 0.357 e. The molecule has 0 radical (unpaired) electrons. The van der Waals surface area contributed by atoms with Crippen LogP contribution in [0.1, 0.15) is 29.0 Å². The molecule has 32 heavy (non-hydrogen) atoms. The number of rotatable bonds is 6. The standard InChI is InChI=1S/C23H21FN6OS/c24-17-5-7-18(8-6-17)30-22(19-4-3-13-32-19)27-21(28-30)23(31)26-15-16-9-10-25-20(14-16)29-11-1-2-12-29/h3-10,13-14H,1-2,11-12,15H2,(H,26,31). The zero-order chi connectivity index (χ0) is 21.9. The maximum absolute atomic E-state index is 13.4. The summed E-state index contributed by atoms with van der Waals surface area (Å²) in [6.07, 6.45) is 4.13. The molecule has 1 fully saturated rings. The van der Waals surface area contributed by atoms with Crippen LogP contribution in [-0.2, 0) is 6.54 Å². The van der Waals surface area contributed by atoms with Gasteiger partial charge in [0.15, 0.2) is 5.82 Å². The minimum absolute atomic E-state index is 0.0616. The van der Waals surface area contributed by atoms with Gasteiger partial charge in [-0.2, -0.15) is 0 Å². The number of pyridine rings is 1. The van der Waals surface area contributed by atoms with Gasteiger partial charge in [0, 0.05) is 25.8 Å². The Bertz CT molecular complexity index is 1220. The minimum Gasteiger partial charge on any atom is -0.357 e. The van der Waals surface area contributed by atoms with Crippen molar-refractivity contribution in [1.29, 1.82) is 0 Å². The number of hydrogen-bond donors (Lipinski definition) is 1. The topological polar surface area (TPSA) is 75.9 Å². The summed E-state index contributed by atoms with van der Waals surface area (Å²) in [6, 6.07) is 13.7. The van der Waals surface area contributed by atoms with Crippen molar-refractivity contribution < 1.29 is 9.18 Å². The number of benzene rings is 1. The van der Waals surface area contributed by atoms with Crippen LogP contribution >= 0.6 is 11.3 Å². The fourth-order valence-electron chi connectivity index (χ4n) is 3.69. The number of halogens is 1. The molecular weight excluding hydrogens is 427 g/mol. The molecule has 1 N–H and O–H groups in total. The fraction of sp³-hybridized carbons (Fsp3) is 0.217. The van der Waals surface area contributed by atoms with Crippen molar-refractivity contribution in [2.75, 3.05) is 18.0 Å². The quantitative estimate of drug-likeness (QED) is 0.481. The van der Waals surface area contributed by atoms with Crippen molar-refractivity contribution in [2.24, 2.45) is 0 Å². The van der Waals surface area contributed by atoms with Crippen LogP contribution < -0.4 is 10.2 Å². The zero-order valence-electron chi connectivity index (χ0n) is 17.2. The summed E-state index contributed by atoms with van der Waals surface area (Å²) in [5.74, 6) is 0.829. The molecule has 3 aromatic heterocycles. The van der Waals surface area contributed by atoms with E-state index in [0.29, 0.717) is 18.1 Å². The molecule has 9 heteroatoms. The predicted molar refractivity (Wildman–Crippen MR) is 121 cm³/mol. The van der Waals surface area contributed by atoms with Crippen LogP contribution in [-0.4, -0.2) is 38.7 Å². The average molecular weight is 449 g/mol. The smallest absolute Gasteiger partial charge is 0.291 e. The maximum Gasteiger partial charge on any atom is 0.291 e. The molecule has 1 saturated heterocycles. The molecule has 0 unspecified atom stereocenters. The molecule has 0 spiro atoms. The van der Waals surface area contributed by atoms with Gasteiger partial charge in [-0.25, -0.2) is 19.0 Å². The van der Waals surface area contributed by atoms with Gasteiger partial charge in [0.05, 0.1) is 10.6 Å². The van der Waals surface area contributed by atoms with E-state index in [0.717, 1.165) is 29.3 Å². The lowest BCUT2D eigenvalue weighted by atomic mass is 10.2. The SMILES string of the molecule is O=C(NCc1ccnc(N2CCCC2)c1)c1nc(-c2cccs2)n(-c2ccc(F)cc2)n1. The summed E-state index contributed by atoms with van der Waals surface area (Å²) >= 11 is 1.50. The Labute approximate surface area is 188 Å². The number of nitrogens with zero attached hydrogens (tertiary/aromatic N) is 5. The van der Waals surface area contributed by atoms with Crippen LogP contribution in [0.15, 0.2) is 60.1 Å². The summed E-state index contributed by atoms with van der Waals surface area (Å²) in [6.45, 7) is 2.37. The lowest BCUT2D eigenvalue weighted by Gasteiger charge is -2.16. The second-order valence-corrected chi connectivity index (χ2v) is 8.47. The average Bonchev–Trinajstić information content (AvgIpc) is 3.59. The number of carbonyl (C=O) groups excluding carboxylic acids is 1. The third kappa shape index (κ3) is 4.24. The van der Waals surface area contributed by atoms with Gasteiger partial charge >= 0.3 is 0 Å². The second-order valence-electron chi connectivity index (χ2n) is 7.52. The van der Waals surface area contributed by atoms with E-state index in [1.165, 1.54) is 36.3 Å². The van der Waals surface area contributed by atoms with Gasteiger partial charge in [0.1, 0.15) is 11.6 Å². The van der Waals surface area contributed by atoms with E-state index in [4.69, 9.17) is 0 Å². The molecule has 7 nitrogen and oxygen atoms in total. The van der Waals surface area contributed by atoms with Crippen LogP contribution in [0.25, 0.3) is 16.4 Å². The number of carbonyl (C=O) groups is 1. The first-order valence-corrected chi connectivity index (χ1v) is 11.3. The highest BCUT2D eigenvalue weighted by molar-refractivity contribution is 7.13. The Balaban J connectivity index is 1.36. The van der Waals surface area contributed by atoms with Crippen molar-refractivity contribution in [2.45, 2.75) is 19.4 Å². The molecule has 4 aromatic rings. The summed E-state index contributed by atoms with van der Waals surface area (Å²) < 4.78 is 15.0. The van der Waals surface area contributed by atoms with E-state index in [-0.39, 0.29) is 17.5 Å². The number of hydrogen-bond acceptors (Lipinski definition) is 6. The van der Waals surface area contributed by atoms with E-state index in [1.54, 1.807) is 23.0 Å². The molecule has 1 amide bonds. The molecule has 0 bridgehead atoms. The minimum atomic E-state index is -0.372. The molecule has 1 aromatic carbocycles. The van der Waals surface area contributed by atoms with Gasteiger partial charge in [-0.3, -0.25) is 4.79 Å². The summed E-state index contributed by atoms with van der Waals surface area (Å²) in [5, 5.41) is 9.25. The first-order valence-electron chi connectivity index (χ1n) is 10.4. The summed E-state index contributed by atoms with van der Waals surface area (Å²) in [5.41, 5.74) is 1.59. The lowest BCUT2D eigenvalue weighted by molar-refractivity contribution is 0.0940.